The van der Waals surface area contributed by atoms with Crippen molar-refractivity contribution in [3.8, 4) is 0 Å². The molecule has 4 nitrogen and oxygen atoms in total. The molecule has 2 atom stereocenters. The van der Waals surface area contributed by atoms with Crippen molar-refractivity contribution in [3.05, 3.63) is 65.2 Å². The zero-order chi connectivity index (χ0) is 22.5. The fourth-order valence-electron chi connectivity index (χ4n) is 5.19. The fraction of sp³-hybridized carbons (Fsp3) is 0.536. The number of carbonyl (C=O) groups excluding carboxylic acids is 1. The van der Waals surface area contributed by atoms with Crippen molar-refractivity contribution in [1.82, 2.24) is 10.2 Å². The Hall–Kier alpha value is -2.33. The van der Waals surface area contributed by atoms with E-state index in [4.69, 9.17) is 0 Å². The number of nitrogens with one attached hydrogen (secondary N) is 1. The normalized spacial score (nSPS) is 21.3. The Balaban J connectivity index is 1.25. The average Bonchev–Trinajstić information content (AvgIpc) is 2.81. The highest BCUT2D eigenvalue weighted by Crippen LogP contribution is 2.26. The van der Waals surface area contributed by atoms with Gasteiger partial charge in [-0.2, -0.15) is 0 Å². The molecular weight excluding hydrogens is 394 g/mol. The molecule has 2 aliphatic rings. The van der Waals surface area contributed by atoms with Crippen LogP contribution in [-0.4, -0.2) is 37.0 Å². The lowest BCUT2D eigenvalue weighted by molar-refractivity contribution is -0.127. The summed E-state index contributed by atoms with van der Waals surface area (Å²) in [6, 6.07) is 17.5. The molecule has 32 heavy (non-hydrogen) atoms. The van der Waals surface area contributed by atoms with E-state index in [1.165, 1.54) is 35.2 Å². The molecule has 0 radical (unpaired) electrons. The van der Waals surface area contributed by atoms with E-state index in [2.05, 4.69) is 84.4 Å². The molecule has 2 heterocycles. The van der Waals surface area contributed by atoms with E-state index in [9.17, 15) is 4.79 Å². The molecule has 1 N–H and O–H groups in total. The second-order valence-corrected chi connectivity index (χ2v) is 9.99. The van der Waals surface area contributed by atoms with E-state index in [0.29, 0.717) is 0 Å². The van der Waals surface area contributed by atoms with Crippen molar-refractivity contribution in [1.29, 1.82) is 0 Å². The number of aryl methyl sites for hydroxylation is 1. The number of rotatable bonds is 6. The number of hydrogen-bond donors (Lipinski definition) is 1. The van der Waals surface area contributed by atoms with Crippen molar-refractivity contribution in [2.75, 3.05) is 31.1 Å². The van der Waals surface area contributed by atoms with Gasteiger partial charge < -0.3 is 10.2 Å². The first-order valence-corrected chi connectivity index (χ1v) is 12.4. The summed E-state index contributed by atoms with van der Waals surface area (Å²) in [7, 11) is 0. The van der Waals surface area contributed by atoms with Crippen LogP contribution >= 0.6 is 0 Å². The maximum absolute atomic E-state index is 12.9. The summed E-state index contributed by atoms with van der Waals surface area (Å²) in [6.45, 7) is 11.9. The third kappa shape index (κ3) is 5.72. The van der Waals surface area contributed by atoms with Gasteiger partial charge in [-0.05, 0) is 87.4 Å². The van der Waals surface area contributed by atoms with Crippen LogP contribution in [-0.2, 0) is 11.3 Å². The van der Waals surface area contributed by atoms with Gasteiger partial charge in [0, 0.05) is 31.2 Å². The Morgan fingerprint density at radius 1 is 1.03 bits per heavy atom. The topological polar surface area (TPSA) is 35.6 Å². The zero-order valence-corrected chi connectivity index (χ0v) is 20.0. The summed E-state index contributed by atoms with van der Waals surface area (Å²) < 4.78 is 0. The van der Waals surface area contributed by atoms with Crippen molar-refractivity contribution in [2.24, 2.45) is 11.8 Å². The molecule has 2 saturated heterocycles. The van der Waals surface area contributed by atoms with Gasteiger partial charge in [0.25, 0.3) is 0 Å². The van der Waals surface area contributed by atoms with Gasteiger partial charge in [0.1, 0.15) is 0 Å². The van der Waals surface area contributed by atoms with E-state index in [1.54, 1.807) is 0 Å². The van der Waals surface area contributed by atoms with E-state index in [0.717, 1.165) is 51.5 Å². The Kier molecular flexibility index (Phi) is 7.51. The van der Waals surface area contributed by atoms with E-state index in [-0.39, 0.29) is 17.9 Å². The Labute approximate surface area is 194 Å². The molecule has 172 valence electrons. The Bertz CT molecular complexity index is 886. The third-order valence-corrected chi connectivity index (χ3v) is 7.39. The van der Waals surface area contributed by atoms with Crippen LogP contribution in [0.5, 0.6) is 0 Å². The number of hydrogen-bond acceptors (Lipinski definition) is 3. The number of carbonyl (C=O) groups is 1. The van der Waals surface area contributed by atoms with Gasteiger partial charge in [-0.25, -0.2) is 0 Å². The standard InChI is InChI=1S/C28H39N3O/c1-21-7-6-16-31(19-21)27-12-10-24(11-13-27)23(3)29-28(32)25-14-17-30(18-15-25)20-26-9-5-4-8-22(26)2/h4-5,8-13,21,23,25H,6-7,14-20H2,1-3H3,(H,29,32)/t21-,23-/m0/s1. The maximum atomic E-state index is 12.9. The summed E-state index contributed by atoms with van der Waals surface area (Å²) in [6.07, 6.45) is 4.49. The first kappa shape index (κ1) is 22.8. The number of amides is 1. The minimum absolute atomic E-state index is 0.0434. The lowest BCUT2D eigenvalue weighted by Gasteiger charge is -2.33. The predicted octanol–water partition coefficient (Wildman–Crippen LogP) is 5.32. The SMILES string of the molecule is Cc1ccccc1CN1CCC(C(=O)N[C@@H](C)c2ccc(N3CCC[C@H](C)C3)cc2)CC1. The van der Waals surface area contributed by atoms with Crippen molar-refractivity contribution in [3.63, 3.8) is 0 Å². The number of likely N-dealkylation sites (tertiary alicyclic amines) is 1. The molecule has 0 aliphatic carbocycles. The molecule has 2 aliphatic heterocycles. The van der Waals surface area contributed by atoms with Crippen LogP contribution in [0.1, 0.15) is 62.3 Å². The minimum atomic E-state index is 0.0434. The molecule has 4 heteroatoms. The fourth-order valence-corrected chi connectivity index (χ4v) is 5.19. The molecular formula is C28H39N3O. The lowest BCUT2D eigenvalue weighted by atomic mass is 9.94. The smallest absolute Gasteiger partial charge is 0.223 e. The molecule has 0 unspecified atom stereocenters. The van der Waals surface area contributed by atoms with Gasteiger partial charge in [0.15, 0.2) is 0 Å². The van der Waals surface area contributed by atoms with Gasteiger partial charge in [-0.1, -0.05) is 43.3 Å². The molecule has 1 amide bonds. The van der Waals surface area contributed by atoms with Crippen LogP contribution in [0.2, 0.25) is 0 Å². The van der Waals surface area contributed by atoms with Crippen LogP contribution in [0, 0.1) is 18.8 Å². The number of anilines is 1. The van der Waals surface area contributed by atoms with Crippen molar-refractivity contribution < 1.29 is 4.79 Å². The quantitative estimate of drug-likeness (QED) is 0.670. The minimum Gasteiger partial charge on any atom is -0.371 e. The van der Waals surface area contributed by atoms with E-state index in [1.807, 2.05) is 0 Å². The number of nitrogens with zero attached hydrogens (tertiary/aromatic N) is 2. The highest BCUT2D eigenvalue weighted by atomic mass is 16.1. The second kappa shape index (κ2) is 10.5. The largest absolute Gasteiger partial charge is 0.371 e. The number of benzene rings is 2. The average molecular weight is 434 g/mol. The first-order valence-electron chi connectivity index (χ1n) is 12.4. The van der Waals surface area contributed by atoms with Gasteiger partial charge >= 0.3 is 0 Å². The van der Waals surface area contributed by atoms with Gasteiger partial charge in [-0.15, -0.1) is 0 Å². The van der Waals surface area contributed by atoms with Gasteiger partial charge in [0.2, 0.25) is 5.91 Å². The monoisotopic (exact) mass is 433 g/mol. The van der Waals surface area contributed by atoms with Crippen LogP contribution in [0.4, 0.5) is 5.69 Å². The van der Waals surface area contributed by atoms with Crippen LogP contribution in [0.15, 0.2) is 48.5 Å². The highest BCUT2D eigenvalue weighted by molar-refractivity contribution is 5.79. The summed E-state index contributed by atoms with van der Waals surface area (Å²) in [5, 5.41) is 3.27. The van der Waals surface area contributed by atoms with E-state index >= 15 is 0 Å². The first-order chi connectivity index (χ1) is 15.5. The molecule has 0 bridgehead atoms. The molecule has 2 fully saturated rings. The zero-order valence-electron chi connectivity index (χ0n) is 20.0. The Morgan fingerprint density at radius 2 is 1.75 bits per heavy atom. The molecule has 4 rings (SSSR count). The van der Waals surface area contributed by atoms with E-state index < -0.39 is 0 Å². The van der Waals surface area contributed by atoms with Crippen LogP contribution in [0.25, 0.3) is 0 Å². The lowest BCUT2D eigenvalue weighted by Crippen LogP contribution is -2.41. The third-order valence-electron chi connectivity index (χ3n) is 7.39. The molecule has 2 aromatic carbocycles. The predicted molar refractivity (Wildman–Crippen MR) is 133 cm³/mol. The number of piperidine rings is 2. The Morgan fingerprint density at radius 3 is 2.44 bits per heavy atom. The summed E-state index contributed by atoms with van der Waals surface area (Å²) in [5.74, 6) is 1.10. The molecule has 2 aromatic rings. The second-order valence-electron chi connectivity index (χ2n) is 9.99. The summed E-state index contributed by atoms with van der Waals surface area (Å²) >= 11 is 0. The molecule has 0 saturated carbocycles. The summed E-state index contributed by atoms with van der Waals surface area (Å²) in [4.78, 5) is 17.9. The van der Waals surface area contributed by atoms with Gasteiger partial charge in [-0.3, -0.25) is 9.69 Å². The van der Waals surface area contributed by atoms with Crippen molar-refractivity contribution >= 4 is 11.6 Å². The van der Waals surface area contributed by atoms with Crippen LogP contribution in [0.3, 0.4) is 0 Å². The van der Waals surface area contributed by atoms with Gasteiger partial charge in [0.05, 0.1) is 6.04 Å². The highest BCUT2D eigenvalue weighted by Gasteiger charge is 2.26. The molecule has 0 spiro atoms. The summed E-state index contributed by atoms with van der Waals surface area (Å²) in [5.41, 5.74) is 5.23. The van der Waals surface area contributed by atoms with Crippen LogP contribution < -0.4 is 10.2 Å². The molecule has 0 aromatic heterocycles. The maximum Gasteiger partial charge on any atom is 0.223 e. The van der Waals surface area contributed by atoms with Crippen molar-refractivity contribution in [2.45, 2.75) is 59.0 Å².